The molecule has 1 unspecified atom stereocenters. The molecule has 39 heavy (non-hydrogen) atoms. The Morgan fingerprint density at radius 3 is 2.38 bits per heavy atom. The molecule has 1 saturated heterocycles. The van der Waals surface area contributed by atoms with E-state index in [1.165, 1.54) is 31.7 Å². The van der Waals surface area contributed by atoms with Crippen molar-refractivity contribution >= 4 is 23.2 Å². The zero-order valence-corrected chi connectivity index (χ0v) is 21.6. The highest BCUT2D eigenvalue weighted by Gasteiger charge is 2.60. The van der Waals surface area contributed by atoms with E-state index in [-0.39, 0.29) is 35.3 Å². The van der Waals surface area contributed by atoms with E-state index in [1.807, 2.05) is 0 Å². The van der Waals surface area contributed by atoms with Crippen LogP contribution in [-0.4, -0.2) is 61.5 Å². The van der Waals surface area contributed by atoms with Crippen molar-refractivity contribution in [3.05, 3.63) is 45.5 Å². The molecule has 10 heteroatoms. The number of aromatic hydroxyl groups is 1. The van der Waals surface area contributed by atoms with E-state index < -0.39 is 64.2 Å². The molecule has 1 heterocycles. The second kappa shape index (κ2) is 8.89. The number of ketones is 2. The fourth-order valence-corrected chi connectivity index (χ4v) is 7.89. The minimum absolute atomic E-state index is 0.0262. The number of phenolic OH excluding ortho intramolecular Hbond substituents is 1. The van der Waals surface area contributed by atoms with Gasteiger partial charge in [0.1, 0.15) is 28.7 Å². The first kappa shape index (κ1) is 26.0. The Morgan fingerprint density at radius 1 is 1.08 bits per heavy atom. The fraction of sp³-hybridized carbons (Fsp3) is 0.552. The van der Waals surface area contributed by atoms with E-state index in [2.05, 4.69) is 4.90 Å². The number of halogens is 1. The normalized spacial score (nSPS) is 30.4. The van der Waals surface area contributed by atoms with Gasteiger partial charge in [-0.1, -0.05) is 12.8 Å². The maximum absolute atomic E-state index is 15.9. The molecule has 4 aliphatic carbocycles. The molecular weight excluding hydrogens is 507 g/mol. The maximum atomic E-state index is 15.9. The number of rotatable bonds is 3. The van der Waals surface area contributed by atoms with Crippen molar-refractivity contribution in [3.63, 3.8) is 0 Å². The van der Waals surface area contributed by atoms with Gasteiger partial charge < -0.3 is 26.2 Å². The molecule has 9 nitrogen and oxygen atoms in total. The highest BCUT2D eigenvalue weighted by molar-refractivity contribution is 6.22. The van der Waals surface area contributed by atoms with Crippen LogP contribution in [0.3, 0.4) is 0 Å². The number of Topliss-reactive ketones (excluding diaryl/α,β-unsaturated/α-hetero) is 2. The average molecular weight is 541 g/mol. The standard InChI is InChI=1S/C29H33FN2O7/c30-23-15(13-32-7-5-28(6-8-32)3-1-2-4-28)11-18(33)21-17(23)10-14-9-16-12-19(34)22(27(31)38)26(37)29(16,39)25(36)20(14)24(21)35/h11,14,16,33,35,37,39H,1-10,12-13H2,(H2,31,38)/t14?,16-,29-/m0/s1. The lowest BCUT2D eigenvalue weighted by Gasteiger charge is -2.46. The number of aliphatic hydroxyl groups excluding tert-OH is 2. The third kappa shape index (κ3) is 3.75. The van der Waals surface area contributed by atoms with Gasteiger partial charge in [0.2, 0.25) is 5.78 Å². The van der Waals surface area contributed by atoms with E-state index in [0.29, 0.717) is 17.5 Å². The predicted molar refractivity (Wildman–Crippen MR) is 137 cm³/mol. The second-order valence-electron chi connectivity index (χ2n) is 12.1. The number of benzene rings is 1. The number of fused-ring (bicyclic) bond motifs is 3. The molecule has 208 valence electrons. The number of carbonyl (C=O) groups is 3. The topological polar surface area (TPSA) is 161 Å². The van der Waals surface area contributed by atoms with Crippen LogP contribution in [0.15, 0.2) is 23.0 Å². The molecule has 3 atom stereocenters. The van der Waals surface area contributed by atoms with E-state index >= 15 is 4.39 Å². The third-order valence-electron chi connectivity index (χ3n) is 10.0. The number of amides is 1. The molecule has 6 N–H and O–H groups in total. The number of carbonyl (C=O) groups excluding carboxylic acids is 3. The zero-order valence-electron chi connectivity index (χ0n) is 21.6. The van der Waals surface area contributed by atoms with Gasteiger partial charge in [-0.15, -0.1) is 0 Å². The largest absolute Gasteiger partial charge is 0.508 e. The van der Waals surface area contributed by atoms with Crippen LogP contribution >= 0.6 is 0 Å². The maximum Gasteiger partial charge on any atom is 0.255 e. The molecule has 0 bridgehead atoms. The van der Waals surface area contributed by atoms with Gasteiger partial charge in [0.15, 0.2) is 11.4 Å². The first-order valence-electron chi connectivity index (χ1n) is 13.7. The summed E-state index contributed by atoms with van der Waals surface area (Å²) in [5, 5.41) is 43.9. The van der Waals surface area contributed by atoms with Crippen LogP contribution in [0.1, 0.15) is 68.1 Å². The van der Waals surface area contributed by atoms with Crippen LogP contribution < -0.4 is 5.73 Å². The van der Waals surface area contributed by atoms with Crippen LogP contribution in [0, 0.1) is 23.1 Å². The van der Waals surface area contributed by atoms with Crippen molar-refractivity contribution in [3.8, 4) is 5.75 Å². The summed E-state index contributed by atoms with van der Waals surface area (Å²) >= 11 is 0. The summed E-state index contributed by atoms with van der Waals surface area (Å²) in [4.78, 5) is 40.0. The Hall–Kier alpha value is -3.24. The van der Waals surface area contributed by atoms with Crippen molar-refractivity contribution in [2.45, 2.75) is 69.9 Å². The lowest BCUT2D eigenvalue weighted by molar-refractivity contribution is -0.147. The Balaban J connectivity index is 1.34. The van der Waals surface area contributed by atoms with Gasteiger partial charge in [-0.3, -0.25) is 19.3 Å². The highest BCUT2D eigenvalue weighted by atomic mass is 19.1. The Bertz CT molecular complexity index is 1370. The van der Waals surface area contributed by atoms with Crippen molar-refractivity contribution in [2.24, 2.45) is 23.0 Å². The summed E-state index contributed by atoms with van der Waals surface area (Å²) in [6.45, 7) is 2.01. The monoisotopic (exact) mass is 540 g/mol. The number of likely N-dealkylation sites (tertiary alicyclic amines) is 1. The highest BCUT2D eigenvalue weighted by Crippen LogP contribution is 2.52. The summed E-state index contributed by atoms with van der Waals surface area (Å²) < 4.78 is 15.9. The number of hydrogen-bond donors (Lipinski definition) is 5. The zero-order chi connectivity index (χ0) is 27.9. The molecule has 1 amide bonds. The summed E-state index contributed by atoms with van der Waals surface area (Å²) in [5.74, 6) is -7.73. The summed E-state index contributed by atoms with van der Waals surface area (Å²) in [6, 6.07) is 1.28. The van der Waals surface area contributed by atoms with Crippen LogP contribution in [0.25, 0.3) is 5.76 Å². The molecular formula is C29H33FN2O7. The quantitative estimate of drug-likeness (QED) is 0.366. The Labute approximate surface area is 224 Å². The number of aliphatic hydroxyl groups is 3. The van der Waals surface area contributed by atoms with Gasteiger partial charge in [0.25, 0.3) is 5.91 Å². The van der Waals surface area contributed by atoms with E-state index in [0.717, 1.165) is 25.9 Å². The average Bonchev–Trinajstić information content (AvgIpc) is 3.33. The molecule has 0 radical (unpaired) electrons. The van der Waals surface area contributed by atoms with E-state index in [9.17, 15) is 34.8 Å². The van der Waals surface area contributed by atoms with Crippen LogP contribution in [-0.2, 0) is 27.3 Å². The third-order valence-corrected chi connectivity index (χ3v) is 10.0. The van der Waals surface area contributed by atoms with Gasteiger partial charge >= 0.3 is 0 Å². The minimum Gasteiger partial charge on any atom is -0.508 e. The summed E-state index contributed by atoms with van der Waals surface area (Å²) in [6.07, 6.45) is 6.71. The SMILES string of the molecule is NC(=O)C1=C(O)[C@@]2(O)C(=O)C3=C(O)c4c(O)cc(CN5CCC6(CCCC6)CC5)c(F)c4CC3C[C@H]2CC1=O. The lowest BCUT2D eigenvalue weighted by atomic mass is 9.59. The van der Waals surface area contributed by atoms with Crippen molar-refractivity contribution < 1.29 is 39.2 Å². The fourth-order valence-electron chi connectivity index (χ4n) is 7.89. The molecule has 3 fully saturated rings. The summed E-state index contributed by atoms with van der Waals surface area (Å²) in [7, 11) is 0. The molecule has 1 aromatic rings. The van der Waals surface area contributed by atoms with E-state index in [1.54, 1.807) is 0 Å². The number of phenols is 1. The molecule has 2 saturated carbocycles. The number of primary amides is 1. The summed E-state index contributed by atoms with van der Waals surface area (Å²) in [5.41, 5.74) is 2.05. The number of nitrogens with zero attached hydrogens (tertiary/aromatic N) is 1. The molecule has 1 spiro atoms. The number of piperidine rings is 1. The molecule has 6 rings (SSSR count). The second-order valence-corrected chi connectivity index (χ2v) is 12.1. The van der Waals surface area contributed by atoms with Gasteiger partial charge in [-0.25, -0.2) is 4.39 Å². The molecule has 5 aliphatic rings. The Kier molecular flexibility index (Phi) is 5.93. The minimum atomic E-state index is -2.63. The molecule has 1 aliphatic heterocycles. The van der Waals surface area contributed by atoms with E-state index in [4.69, 9.17) is 5.73 Å². The Morgan fingerprint density at radius 2 is 1.74 bits per heavy atom. The van der Waals surface area contributed by atoms with Gasteiger partial charge in [-0.05, 0) is 69.0 Å². The van der Waals surface area contributed by atoms with Crippen molar-refractivity contribution in [1.82, 2.24) is 4.90 Å². The van der Waals surface area contributed by atoms with Crippen LogP contribution in [0.5, 0.6) is 5.75 Å². The first-order chi connectivity index (χ1) is 18.5. The smallest absolute Gasteiger partial charge is 0.255 e. The number of nitrogens with two attached hydrogens (primary N) is 1. The first-order valence-corrected chi connectivity index (χ1v) is 13.7. The van der Waals surface area contributed by atoms with Crippen LogP contribution in [0.2, 0.25) is 0 Å². The van der Waals surface area contributed by atoms with Gasteiger partial charge in [0, 0.05) is 35.6 Å². The van der Waals surface area contributed by atoms with Gasteiger partial charge in [0.05, 0.1) is 5.56 Å². The van der Waals surface area contributed by atoms with Crippen molar-refractivity contribution in [1.29, 1.82) is 0 Å². The van der Waals surface area contributed by atoms with Gasteiger partial charge in [-0.2, -0.15) is 0 Å². The number of hydrogen-bond acceptors (Lipinski definition) is 8. The lowest BCUT2D eigenvalue weighted by Crippen LogP contribution is -2.58. The predicted octanol–water partition coefficient (Wildman–Crippen LogP) is 2.72. The molecule has 1 aromatic carbocycles. The van der Waals surface area contributed by atoms with Crippen molar-refractivity contribution in [2.75, 3.05) is 13.1 Å². The molecule has 0 aromatic heterocycles. The van der Waals surface area contributed by atoms with Crippen LogP contribution in [0.4, 0.5) is 4.39 Å².